The molecule has 0 bridgehead atoms. The highest BCUT2D eigenvalue weighted by Crippen LogP contribution is 2.18. The molecule has 4 heteroatoms. The molecule has 0 aromatic heterocycles. The first-order chi connectivity index (χ1) is 9.60. The summed E-state index contributed by atoms with van der Waals surface area (Å²) in [4.78, 5) is 25.6. The van der Waals surface area contributed by atoms with E-state index >= 15 is 0 Å². The fourth-order valence-corrected chi connectivity index (χ4v) is 2.56. The molecule has 0 spiro atoms. The highest BCUT2D eigenvalue weighted by atomic mass is 16.5. The number of amides is 1. The summed E-state index contributed by atoms with van der Waals surface area (Å²) in [6.45, 7) is 3.24. The van der Waals surface area contributed by atoms with Gasteiger partial charge in [-0.15, -0.1) is 0 Å². The molecule has 0 radical (unpaired) electrons. The lowest BCUT2D eigenvalue weighted by Crippen LogP contribution is -2.43. The number of hydrogen-bond acceptors (Lipinski definition) is 3. The average molecular weight is 275 g/mol. The topological polar surface area (TPSA) is 46.6 Å². The second-order valence-corrected chi connectivity index (χ2v) is 5.36. The van der Waals surface area contributed by atoms with E-state index in [0.717, 1.165) is 24.9 Å². The minimum absolute atomic E-state index is 0.0856. The lowest BCUT2D eigenvalue weighted by Gasteiger charge is -2.31. The molecule has 108 valence electrons. The maximum Gasteiger partial charge on any atom is 0.310 e. The van der Waals surface area contributed by atoms with E-state index in [1.54, 1.807) is 4.90 Å². The van der Waals surface area contributed by atoms with Crippen molar-refractivity contribution in [1.29, 1.82) is 0 Å². The van der Waals surface area contributed by atoms with Crippen molar-refractivity contribution < 1.29 is 14.3 Å². The quantitative estimate of drug-likeness (QED) is 0.792. The number of carbonyl (C=O) groups excluding carboxylic acids is 2. The number of aryl methyl sites for hydroxylation is 1. The van der Waals surface area contributed by atoms with Crippen LogP contribution in [0.4, 0.5) is 0 Å². The van der Waals surface area contributed by atoms with Crippen molar-refractivity contribution in [3.05, 3.63) is 35.4 Å². The Morgan fingerprint density at radius 2 is 2.00 bits per heavy atom. The zero-order valence-electron chi connectivity index (χ0n) is 12.1. The van der Waals surface area contributed by atoms with Gasteiger partial charge in [0.2, 0.25) is 5.91 Å². The standard InChI is InChI=1S/C16H21NO3/c1-12-5-7-13(8-6-12)10-15(18)17-9-3-4-14(11-17)16(19)20-2/h5-8,14H,3-4,9-11H2,1-2H3/t14-/m0/s1. The number of piperidine rings is 1. The van der Waals surface area contributed by atoms with E-state index in [2.05, 4.69) is 0 Å². The van der Waals surface area contributed by atoms with Gasteiger partial charge >= 0.3 is 5.97 Å². The number of nitrogens with zero attached hydrogens (tertiary/aromatic N) is 1. The van der Waals surface area contributed by atoms with Gasteiger partial charge in [-0.3, -0.25) is 9.59 Å². The van der Waals surface area contributed by atoms with E-state index in [9.17, 15) is 9.59 Å². The Hall–Kier alpha value is -1.84. The molecule has 0 saturated carbocycles. The molecule has 20 heavy (non-hydrogen) atoms. The summed E-state index contributed by atoms with van der Waals surface area (Å²) in [6, 6.07) is 7.98. The average Bonchev–Trinajstić information content (AvgIpc) is 2.49. The normalized spacial score (nSPS) is 18.7. The van der Waals surface area contributed by atoms with Crippen molar-refractivity contribution in [2.75, 3.05) is 20.2 Å². The minimum atomic E-state index is -0.210. The zero-order chi connectivity index (χ0) is 14.5. The molecule has 1 aromatic rings. The lowest BCUT2D eigenvalue weighted by molar-refractivity contribution is -0.148. The summed E-state index contributed by atoms with van der Waals surface area (Å²) in [7, 11) is 1.40. The SMILES string of the molecule is COC(=O)[C@H]1CCCN(C(=O)Cc2ccc(C)cc2)C1. The van der Waals surface area contributed by atoms with E-state index in [-0.39, 0.29) is 17.8 Å². The van der Waals surface area contributed by atoms with E-state index in [1.807, 2.05) is 31.2 Å². The van der Waals surface area contributed by atoms with Crippen LogP contribution in [0.5, 0.6) is 0 Å². The number of rotatable bonds is 3. The van der Waals surface area contributed by atoms with Gasteiger partial charge in [0.15, 0.2) is 0 Å². The molecule has 1 amide bonds. The molecule has 4 nitrogen and oxygen atoms in total. The molecule has 1 aliphatic heterocycles. The molecule has 0 unspecified atom stereocenters. The number of benzene rings is 1. The third-order valence-electron chi connectivity index (χ3n) is 3.78. The van der Waals surface area contributed by atoms with Crippen LogP contribution in [0.25, 0.3) is 0 Å². The molecule has 2 rings (SSSR count). The van der Waals surface area contributed by atoms with Gasteiger partial charge < -0.3 is 9.64 Å². The number of methoxy groups -OCH3 is 1. The Morgan fingerprint density at radius 1 is 1.30 bits per heavy atom. The highest BCUT2D eigenvalue weighted by Gasteiger charge is 2.28. The molecule has 1 aliphatic rings. The Balaban J connectivity index is 1.95. The van der Waals surface area contributed by atoms with E-state index in [4.69, 9.17) is 4.74 Å². The largest absolute Gasteiger partial charge is 0.469 e. The number of ether oxygens (including phenoxy) is 1. The Kier molecular flexibility index (Phi) is 4.77. The van der Waals surface area contributed by atoms with Gasteiger partial charge in [0.05, 0.1) is 19.4 Å². The van der Waals surface area contributed by atoms with Gasteiger partial charge in [0, 0.05) is 13.1 Å². The smallest absolute Gasteiger partial charge is 0.310 e. The summed E-state index contributed by atoms with van der Waals surface area (Å²) in [5.41, 5.74) is 2.20. The molecule has 0 N–H and O–H groups in total. The molecular weight excluding hydrogens is 254 g/mol. The van der Waals surface area contributed by atoms with E-state index in [0.29, 0.717) is 13.0 Å². The maximum absolute atomic E-state index is 12.3. The molecule has 1 heterocycles. The second-order valence-electron chi connectivity index (χ2n) is 5.36. The van der Waals surface area contributed by atoms with Gasteiger partial charge in [-0.1, -0.05) is 29.8 Å². The third kappa shape index (κ3) is 3.59. The van der Waals surface area contributed by atoms with Gasteiger partial charge in [0.25, 0.3) is 0 Å². The summed E-state index contributed by atoms with van der Waals surface area (Å²) in [5, 5.41) is 0. The predicted molar refractivity (Wildman–Crippen MR) is 76.2 cm³/mol. The van der Waals surface area contributed by atoms with Crippen molar-refractivity contribution in [2.45, 2.75) is 26.2 Å². The number of hydrogen-bond donors (Lipinski definition) is 0. The van der Waals surface area contributed by atoms with Crippen LogP contribution in [0.3, 0.4) is 0 Å². The van der Waals surface area contributed by atoms with Crippen molar-refractivity contribution in [3.8, 4) is 0 Å². The summed E-state index contributed by atoms with van der Waals surface area (Å²) < 4.78 is 4.77. The fraction of sp³-hybridized carbons (Fsp3) is 0.500. The molecule has 1 aromatic carbocycles. The van der Waals surface area contributed by atoms with Gasteiger partial charge in [-0.2, -0.15) is 0 Å². The minimum Gasteiger partial charge on any atom is -0.469 e. The summed E-state index contributed by atoms with van der Waals surface area (Å²) in [5.74, 6) is -0.295. The highest BCUT2D eigenvalue weighted by molar-refractivity contribution is 5.80. The van der Waals surface area contributed by atoms with Gasteiger partial charge in [0.1, 0.15) is 0 Å². The summed E-state index contributed by atoms with van der Waals surface area (Å²) in [6.07, 6.45) is 2.06. The third-order valence-corrected chi connectivity index (χ3v) is 3.78. The zero-order valence-corrected chi connectivity index (χ0v) is 12.1. The van der Waals surface area contributed by atoms with Crippen LogP contribution >= 0.6 is 0 Å². The summed E-state index contributed by atoms with van der Waals surface area (Å²) >= 11 is 0. The number of esters is 1. The molecule has 1 fully saturated rings. The van der Waals surface area contributed by atoms with Crippen molar-refractivity contribution in [1.82, 2.24) is 4.90 Å². The Labute approximate surface area is 119 Å². The van der Waals surface area contributed by atoms with Crippen LogP contribution in [0.15, 0.2) is 24.3 Å². The fourth-order valence-electron chi connectivity index (χ4n) is 2.56. The Bertz CT molecular complexity index is 481. The van der Waals surface area contributed by atoms with Crippen LogP contribution in [-0.4, -0.2) is 37.0 Å². The first kappa shape index (κ1) is 14.6. The molecule has 1 saturated heterocycles. The molecular formula is C16H21NO3. The first-order valence-electron chi connectivity index (χ1n) is 7.01. The monoisotopic (exact) mass is 275 g/mol. The first-order valence-corrected chi connectivity index (χ1v) is 7.01. The van der Waals surface area contributed by atoms with Crippen LogP contribution in [0.1, 0.15) is 24.0 Å². The molecule has 0 aliphatic carbocycles. The molecule has 1 atom stereocenters. The van der Waals surface area contributed by atoms with Crippen LogP contribution in [-0.2, 0) is 20.7 Å². The second kappa shape index (κ2) is 6.55. The van der Waals surface area contributed by atoms with Crippen molar-refractivity contribution >= 4 is 11.9 Å². The number of carbonyl (C=O) groups is 2. The maximum atomic E-state index is 12.3. The van der Waals surface area contributed by atoms with Crippen LogP contribution in [0, 0.1) is 12.8 Å². The van der Waals surface area contributed by atoms with Crippen LogP contribution in [0.2, 0.25) is 0 Å². The van der Waals surface area contributed by atoms with Gasteiger partial charge in [-0.05, 0) is 25.3 Å². The van der Waals surface area contributed by atoms with Crippen molar-refractivity contribution in [3.63, 3.8) is 0 Å². The van der Waals surface area contributed by atoms with Crippen molar-refractivity contribution in [2.24, 2.45) is 5.92 Å². The van der Waals surface area contributed by atoms with E-state index in [1.165, 1.54) is 12.7 Å². The predicted octanol–water partition coefficient (Wildman–Crippen LogP) is 1.95. The van der Waals surface area contributed by atoms with E-state index < -0.39 is 0 Å². The number of likely N-dealkylation sites (tertiary alicyclic amines) is 1. The Morgan fingerprint density at radius 3 is 2.65 bits per heavy atom. The van der Waals surface area contributed by atoms with Gasteiger partial charge in [-0.25, -0.2) is 0 Å². The lowest BCUT2D eigenvalue weighted by atomic mass is 9.97. The van der Waals surface area contributed by atoms with Crippen LogP contribution < -0.4 is 0 Å².